The Bertz CT molecular complexity index is 549. The molecule has 0 aliphatic carbocycles. The number of carbonyl (C=O) groups is 1. The molecule has 130 valence electrons. The molecule has 1 aromatic heterocycles. The van der Waals surface area contributed by atoms with Crippen LogP contribution in [-0.4, -0.2) is 41.3 Å². The lowest BCUT2D eigenvalue weighted by Crippen LogP contribution is -2.51. The van der Waals surface area contributed by atoms with E-state index in [9.17, 15) is 9.59 Å². The van der Waals surface area contributed by atoms with Gasteiger partial charge >= 0.3 is 0 Å². The number of carbonyl (C=O) groups excluding carboxylic acids is 1. The first-order valence-corrected chi connectivity index (χ1v) is 8.60. The first-order chi connectivity index (χ1) is 11.0. The van der Waals surface area contributed by atoms with Crippen LogP contribution in [-0.2, 0) is 16.0 Å². The molecular formula is C17H28N2O4. The minimum absolute atomic E-state index is 0.0970. The molecule has 6 heteroatoms. The van der Waals surface area contributed by atoms with E-state index in [0.29, 0.717) is 37.6 Å². The number of rotatable bonds is 7. The van der Waals surface area contributed by atoms with E-state index in [4.69, 9.17) is 9.26 Å². The molecule has 1 amide bonds. The lowest BCUT2D eigenvalue weighted by molar-refractivity contribution is -0.150. The fourth-order valence-electron chi connectivity index (χ4n) is 2.87. The minimum Gasteiger partial charge on any atom is -0.384 e. The summed E-state index contributed by atoms with van der Waals surface area (Å²) >= 11 is 0. The number of nitrogens with zero attached hydrogens (tertiary/aromatic N) is 1. The molecular weight excluding hydrogens is 296 g/mol. The van der Waals surface area contributed by atoms with Gasteiger partial charge in [-0.25, -0.2) is 0 Å². The van der Waals surface area contributed by atoms with E-state index >= 15 is 0 Å². The van der Waals surface area contributed by atoms with Crippen LogP contribution < -0.4 is 5.56 Å². The van der Waals surface area contributed by atoms with E-state index in [1.165, 1.54) is 6.07 Å². The highest BCUT2D eigenvalue weighted by Crippen LogP contribution is 2.21. The Morgan fingerprint density at radius 1 is 1.43 bits per heavy atom. The predicted octanol–water partition coefficient (Wildman–Crippen LogP) is 2.34. The summed E-state index contributed by atoms with van der Waals surface area (Å²) in [5, 5.41) is 2.25. The monoisotopic (exact) mass is 324 g/mol. The molecule has 0 unspecified atom stereocenters. The van der Waals surface area contributed by atoms with Crippen molar-refractivity contribution in [1.82, 2.24) is 10.1 Å². The Morgan fingerprint density at radius 3 is 2.83 bits per heavy atom. The Balaban J connectivity index is 1.92. The summed E-state index contributed by atoms with van der Waals surface area (Å²) in [6.07, 6.45) is 4.27. The van der Waals surface area contributed by atoms with Crippen molar-refractivity contribution in [3.63, 3.8) is 0 Å². The zero-order valence-corrected chi connectivity index (χ0v) is 14.3. The van der Waals surface area contributed by atoms with E-state index in [2.05, 4.69) is 25.9 Å². The van der Waals surface area contributed by atoms with Crippen LogP contribution in [0.5, 0.6) is 0 Å². The van der Waals surface area contributed by atoms with Gasteiger partial charge in [0.05, 0.1) is 12.2 Å². The number of hydrogen-bond donors (Lipinski definition) is 1. The summed E-state index contributed by atoms with van der Waals surface area (Å²) in [4.78, 5) is 25.5. The van der Waals surface area contributed by atoms with E-state index < -0.39 is 0 Å². The minimum atomic E-state index is -0.265. The molecule has 0 aromatic carbocycles. The first-order valence-electron chi connectivity index (χ1n) is 8.60. The summed E-state index contributed by atoms with van der Waals surface area (Å²) in [5.74, 6) is 1.02. The number of hydrogen-bond acceptors (Lipinski definition) is 4. The van der Waals surface area contributed by atoms with Gasteiger partial charge in [-0.05, 0) is 12.3 Å². The number of unbranched alkanes of at least 4 members (excludes halogenated alkanes) is 1. The molecule has 1 aromatic rings. The second kappa shape index (κ2) is 8.34. The standard InChI is InChI=1S/C17H28N2O4/c1-4-5-6-14-10-19(11-15(22-14)12(2)3)17(21)8-7-13-9-16(20)18-23-13/h9,12,14-15H,4-8,10-11H2,1-3H3,(H,18,20)/t14-,15-/m1/s1. The summed E-state index contributed by atoms with van der Waals surface area (Å²) < 4.78 is 11.1. The van der Waals surface area contributed by atoms with Crippen molar-refractivity contribution in [2.75, 3.05) is 13.1 Å². The molecule has 6 nitrogen and oxygen atoms in total. The highest BCUT2D eigenvalue weighted by Gasteiger charge is 2.31. The van der Waals surface area contributed by atoms with Gasteiger partial charge in [0.25, 0.3) is 5.56 Å². The van der Waals surface area contributed by atoms with E-state index in [1.807, 2.05) is 4.90 Å². The van der Waals surface area contributed by atoms with Crippen LogP contribution >= 0.6 is 0 Å². The van der Waals surface area contributed by atoms with E-state index in [-0.39, 0.29) is 23.7 Å². The smallest absolute Gasteiger partial charge is 0.280 e. The van der Waals surface area contributed by atoms with Crippen molar-refractivity contribution in [3.8, 4) is 0 Å². The van der Waals surface area contributed by atoms with Gasteiger partial charge in [0, 0.05) is 32.0 Å². The molecule has 1 aliphatic heterocycles. The number of aryl methyl sites for hydroxylation is 1. The van der Waals surface area contributed by atoms with Crippen LogP contribution in [0.2, 0.25) is 0 Å². The van der Waals surface area contributed by atoms with Gasteiger partial charge in [0.2, 0.25) is 5.91 Å². The maximum Gasteiger partial charge on any atom is 0.280 e. The van der Waals surface area contributed by atoms with Crippen LogP contribution in [0.15, 0.2) is 15.4 Å². The van der Waals surface area contributed by atoms with Gasteiger partial charge < -0.3 is 14.2 Å². The van der Waals surface area contributed by atoms with E-state index in [1.54, 1.807) is 0 Å². The lowest BCUT2D eigenvalue weighted by Gasteiger charge is -2.40. The first kappa shape index (κ1) is 17.8. The summed E-state index contributed by atoms with van der Waals surface area (Å²) in [6, 6.07) is 1.40. The van der Waals surface area contributed by atoms with Gasteiger partial charge in [-0.15, -0.1) is 0 Å². The Hall–Kier alpha value is -1.56. The SMILES string of the molecule is CCCC[C@@H]1CN(C(=O)CCc2cc(=O)[nH]o2)C[C@H](C(C)C)O1. The maximum atomic E-state index is 12.5. The van der Waals surface area contributed by atoms with Crippen molar-refractivity contribution in [2.45, 2.75) is 65.1 Å². The van der Waals surface area contributed by atoms with Crippen molar-refractivity contribution in [1.29, 1.82) is 0 Å². The highest BCUT2D eigenvalue weighted by molar-refractivity contribution is 5.76. The zero-order valence-electron chi connectivity index (χ0n) is 14.3. The maximum absolute atomic E-state index is 12.5. The number of nitrogens with one attached hydrogen (secondary N) is 1. The van der Waals surface area contributed by atoms with Crippen LogP contribution in [0.3, 0.4) is 0 Å². The molecule has 1 aliphatic rings. The number of ether oxygens (including phenoxy) is 1. The molecule has 1 saturated heterocycles. The topological polar surface area (TPSA) is 75.5 Å². The molecule has 1 N–H and O–H groups in total. The molecule has 0 bridgehead atoms. The zero-order chi connectivity index (χ0) is 16.8. The van der Waals surface area contributed by atoms with Crippen LogP contribution in [0.4, 0.5) is 0 Å². The predicted molar refractivity (Wildman–Crippen MR) is 87.3 cm³/mol. The summed E-state index contributed by atoms with van der Waals surface area (Å²) in [7, 11) is 0. The molecule has 2 heterocycles. The number of amides is 1. The molecule has 1 fully saturated rings. The van der Waals surface area contributed by atoms with Gasteiger partial charge in [-0.2, -0.15) is 5.16 Å². The third kappa shape index (κ3) is 5.23. The molecule has 2 atom stereocenters. The number of morpholine rings is 1. The molecule has 23 heavy (non-hydrogen) atoms. The largest absolute Gasteiger partial charge is 0.384 e. The molecule has 0 saturated carbocycles. The number of H-pyrrole nitrogens is 1. The second-order valence-electron chi connectivity index (χ2n) is 6.66. The van der Waals surface area contributed by atoms with Crippen molar-refractivity contribution in [2.24, 2.45) is 5.92 Å². The highest BCUT2D eigenvalue weighted by atomic mass is 16.5. The average Bonchev–Trinajstić information content (AvgIpc) is 2.95. The molecule has 2 rings (SSSR count). The van der Waals surface area contributed by atoms with Gasteiger partial charge in [-0.1, -0.05) is 33.6 Å². The fraction of sp³-hybridized carbons (Fsp3) is 0.765. The molecule has 0 spiro atoms. The van der Waals surface area contributed by atoms with Crippen LogP contribution in [0.25, 0.3) is 0 Å². The lowest BCUT2D eigenvalue weighted by atomic mass is 10.0. The normalized spacial score (nSPS) is 21.8. The third-order valence-corrected chi connectivity index (χ3v) is 4.33. The van der Waals surface area contributed by atoms with Crippen molar-refractivity contribution >= 4 is 5.91 Å². The Morgan fingerprint density at radius 2 is 2.22 bits per heavy atom. The number of aromatic nitrogens is 1. The van der Waals surface area contributed by atoms with Crippen LogP contribution in [0.1, 0.15) is 52.2 Å². The Kier molecular flexibility index (Phi) is 6.45. The van der Waals surface area contributed by atoms with Gasteiger partial charge in [-0.3, -0.25) is 9.59 Å². The van der Waals surface area contributed by atoms with Crippen molar-refractivity contribution < 1.29 is 14.1 Å². The van der Waals surface area contributed by atoms with Crippen molar-refractivity contribution in [3.05, 3.63) is 22.2 Å². The average molecular weight is 324 g/mol. The molecule has 0 radical (unpaired) electrons. The fourth-order valence-corrected chi connectivity index (χ4v) is 2.87. The van der Waals surface area contributed by atoms with Crippen LogP contribution in [0, 0.1) is 5.92 Å². The van der Waals surface area contributed by atoms with Gasteiger partial charge in [0.1, 0.15) is 5.76 Å². The summed E-state index contributed by atoms with van der Waals surface area (Å²) in [6.45, 7) is 7.74. The number of aromatic amines is 1. The quantitative estimate of drug-likeness (QED) is 0.835. The van der Waals surface area contributed by atoms with Gasteiger partial charge in [0.15, 0.2) is 0 Å². The Labute approximate surface area is 137 Å². The van der Waals surface area contributed by atoms with E-state index in [0.717, 1.165) is 19.3 Å². The summed E-state index contributed by atoms with van der Waals surface area (Å²) in [5.41, 5.74) is -0.265. The second-order valence-corrected chi connectivity index (χ2v) is 6.66. The third-order valence-electron chi connectivity index (χ3n) is 4.33.